The van der Waals surface area contributed by atoms with Gasteiger partial charge in [-0.05, 0) is 42.5 Å². The van der Waals surface area contributed by atoms with Crippen molar-refractivity contribution in [2.24, 2.45) is 0 Å². The lowest BCUT2D eigenvalue weighted by molar-refractivity contribution is 0.0960. The highest BCUT2D eigenvalue weighted by Crippen LogP contribution is 2.39. The van der Waals surface area contributed by atoms with E-state index in [0.29, 0.717) is 25.0 Å². The first-order valence-electron chi connectivity index (χ1n) is 14.7. The fourth-order valence-corrected chi connectivity index (χ4v) is 5.22. The van der Waals surface area contributed by atoms with Crippen LogP contribution < -0.4 is 15.4 Å². The number of rotatable bonds is 9. The molecule has 0 spiro atoms. The number of hydrogen-bond acceptors (Lipinski definition) is 8. The number of fused-ring (bicyclic) bond motifs is 2. The molecular formula is C32H39N7O4. The van der Waals surface area contributed by atoms with E-state index in [1.165, 1.54) is 0 Å². The van der Waals surface area contributed by atoms with Gasteiger partial charge in [0.25, 0.3) is 0 Å². The number of carbonyl (C=O) groups is 2. The lowest BCUT2D eigenvalue weighted by Gasteiger charge is -2.32. The number of ether oxygens (including phenoxy) is 1. The number of ketones is 1. The third-order valence-electron chi connectivity index (χ3n) is 7.48. The van der Waals surface area contributed by atoms with Gasteiger partial charge in [0.1, 0.15) is 23.5 Å². The Labute approximate surface area is 251 Å². The number of Topliss-reactive ketones (excluding diaryl/α,β-unsaturated/α-hetero) is 1. The normalized spacial score (nSPS) is 16.6. The summed E-state index contributed by atoms with van der Waals surface area (Å²) < 4.78 is 8.45. The highest BCUT2D eigenvalue weighted by atomic mass is 16.5. The first-order valence-corrected chi connectivity index (χ1v) is 14.7. The zero-order valence-corrected chi connectivity index (χ0v) is 25.3. The monoisotopic (exact) mass is 585 g/mol. The van der Waals surface area contributed by atoms with Gasteiger partial charge in [-0.3, -0.25) is 14.5 Å². The number of pyridine rings is 1. The lowest BCUT2D eigenvalue weighted by atomic mass is 9.85. The summed E-state index contributed by atoms with van der Waals surface area (Å²) in [6, 6.07) is 12.8. The Morgan fingerprint density at radius 2 is 1.84 bits per heavy atom. The molecule has 1 aromatic carbocycles. The predicted octanol–water partition coefficient (Wildman–Crippen LogP) is 5.67. The van der Waals surface area contributed by atoms with E-state index in [-0.39, 0.29) is 53.9 Å². The van der Waals surface area contributed by atoms with E-state index in [0.717, 1.165) is 28.3 Å². The van der Waals surface area contributed by atoms with Crippen LogP contribution in [0.15, 0.2) is 48.7 Å². The quantitative estimate of drug-likeness (QED) is 0.213. The Morgan fingerprint density at radius 1 is 1.07 bits per heavy atom. The van der Waals surface area contributed by atoms with E-state index in [2.05, 4.69) is 44.6 Å². The van der Waals surface area contributed by atoms with Crippen molar-refractivity contribution in [1.29, 1.82) is 0 Å². The van der Waals surface area contributed by atoms with Crippen LogP contribution in [-0.2, 0) is 5.41 Å². The molecule has 2 amide bonds. The predicted molar refractivity (Wildman–Crippen MR) is 162 cm³/mol. The molecule has 4 aromatic rings. The van der Waals surface area contributed by atoms with Crippen LogP contribution in [0.4, 0.5) is 10.6 Å². The molecule has 1 aliphatic carbocycles. The Hall–Kier alpha value is -4.38. The molecule has 0 aliphatic heterocycles. The van der Waals surface area contributed by atoms with E-state index >= 15 is 0 Å². The number of carbonyl (C=O) groups excluding carboxylic acids is 2. The van der Waals surface area contributed by atoms with Crippen LogP contribution in [0.2, 0.25) is 0 Å². The van der Waals surface area contributed by atoms with Crippen molar-refractivity contribution in [1.82, 2.24) is 29.9 Å². The summed E-state index contributed by atoms with van der Waals surface area (Å²) in [5.74, 6) is 1.82. The number of urea groups is 1. The number of aliphatic hydroxyl groups is 1. The Bertz CT molecular complexity index is 1630. The summed E-state index contributed by atoms with van der Waals surface area (Å²) in [5, 5.41) is 23.6. The number of nitrogens with one attached hydrogen (secondary N) is 2. The van der Waals surface area contributed by atoms with Crippen LogP contribution in [0.1, 0.15) is 112 Å². The van der Waals surface area contributed by atoms with Gasteiger partial charge in [0, 0.05) is 30.4 Å². The van der Waals surface area contributed by atoms with Crippen molar-refractivity contribution >= 4 is 23.3 Å². The fraction of sp³-hybridized carbons (Fsp3) is 0.438. The molecular weight excluding hydrogens is 546 g/mol. The molecule has 0 saturated heterocycles. The molecule has 11 heteroatoms. The number of amides is 2. The largest absolute Gasteiger partial charge is 0.484 e. The Balaban J connectivity index is 1.32. The summed E-state index contributed by atoms with van der Waals surface area (Å²) in [7, 11) is 0. The minimum absolute atomic E-state index is 0.0318. The number of aliphatic hydroxyl groups excluding tert-OH is 1. The smallest absolute Gasteiger partial charge is 0.320 e. The summed E-state index contributed by atoms with van der Waals surface area (Å²) in [4.78, 5) is 34.6. The highest BCUT2D eigenvalue weighted by Gasteiger charge is 2.30. The molecule has 0 bridgehead atoms. The lowest BCUT2D eigenvalue weighted by Crippen LogP contribution is -2.36. The number of anilines is 1. The van der Waals surface area contributed by atoms with Crippen LogP contribution in [0.25, 0.3) is 5.65 Å². The molecule has 0 unspecified atom stereocenters. The van der Waals surface area contributed by atoms with Crippen molar-refractivity contribution in [3.05, 3.63) is 77.1 Å². The summed E-state index contributed by atoms with van der Waals surface area (Å²) in [6.07, 6.45) is 3.57. The topological polar surface area (TPSA) is 144 Å². The molecule has 3 N–H and O–H groups in total. The minimum Gasteiger partial charge on any atom is -0.484 e. The van der Waals surface area contributed by atoms with Crippen molar-refractivity contribution in [3.8, 4) is 5.75 Å². The molecule has 43 heavy (non-hydrogen) atoms. The first-order chi connectivity index (χ1) is 20.5. The van der Waals surface area contributed by atoms with Crippen LogP contribution in [0, 0.1) is 0 Å². The Kier molecular flexibility index (Phi) is 8.72. The van der Waals surface area contributed by atoms with Gasteiger partial charge in [-0.2, -0.15) is 0 Å². The van der Waals surface area contributed by atoms with E-state index < -0.39 is 6.03 Å². The average Bonchev–Trinajstić information content (AvgIpc) is 3.40. The van der Waals surface area contributed by atoms with E-state index in [1.54, 1.807) is 6.07 Å². The van der Waals surface area contributed by atoms with Crippen molar-refractivity contribution in [2.45, 2.75) is 83.8 Å². The highest BCUT2D eigenvalue weighted by molar-refractivity contribution is 5.94. The Morgan fingerprint density at radius 3 is 2.56 bits per heavy atom. The van der Waals surface area contributed by atoms with Gasteiger partial charge in [-0.1, -0.05) is 58.9 Å². The average molecular weight is 586 g/mol. The molecule has 2 atom stereocenters. The zero-order valence-electron chi connectivity index (χ0n) is 25.3. The van der Waals surface area contributed by atoms with E-state index in [9.17, 15) is 9.59 Å². The SMILES string of the molecule is CC(C)c1nnc2ccc(O[C@@H]3CC[C@H](NC(=O)Nc4cc(C(C)(C)C)nc(C(=O)CCCO)n4)c4ccccc43)cn12. The minimum atomic E-state index is -0.425. The molecule has 0 saturated carbocycles. The number of nitrogens with zero attached hydrogens (tertiary/aromatic N) is 5. The summed E-state index contributed by atoms with van der Waals surface area (Å²) in [5.41, 5.74) is 3.04. The van der Waals surface area contributed by atoms with Crippen LogP contribution >= 0.6 is 0 Å². The number of benzene rings is 1. The van der Waals surface area contributed by atoms with E-state index in [1.807, 2.05) is 67.8 Å². The van der Waals surface area contributed by atoms with Crippen molar-refractivity contribution in [3.63, 3.8) is 0 Å². The maximum atomic E-state index is 13.2. The maximum Gasteiger partial charge on any atom is 0.320 e. The molecule has 3 heterocycles. The fourth-order valence-electron chi connectivity index (χ4n) is 5.22. The molecule has 226 valence electrons. The second-order valence-electron chi connectivity index (χ2n) is 12.2. The standard InChI is InChI=1S/C32H39N7O4/c1-19(2)30-38-37-28-15-12-20(18-39(28)30)43-25-14-13-23(21-9-6-7-10-22(21)25)33-31(42)36-27-17-26(32(3,4)5)34-29(35-27)24(41)11-8-16-40/h6-7,9-10,12,15,17-19,23,25,40H,8,11,13-14,16H2,1-5H3,(H2,33,34,35,36,42)/t23-,25+/m0/s1. The molecule has 0 radical (unpaired) electrons. The first kappa shape index (κ1) is 30.1. The van der Waals surface area contributed by atoms with Crippen LogP contribution in [-0.4, -0.2) is 48.1 Å². The second-order valence-corrected chi connectivity index (χ2v) is 12.2. The van der Waals surface area contributed by atoms with Crippen LogP contribution in [0.3, 0.4) is 0 Å². The van der Waals surface area contributed by atoms with E-state index in [4.69, 9.17) is 9.84 Å². The zero-order chi connectivity index (χ0) is 30.7. The van der Waals surface area contributed by atoms with Gasteiger partial charge >= 0.3 is 6.03 Å². The van der Waals surface area contributed by atoms with Gasteiger partial charge in [-0.15, -0.1) is 10.2 Å². The van der Waals surface area contributed by atoms with Gasteiger partial charge in [0.15, 0.2) is 17.3 Å². The van der Waals surface area contributed by atoms with Gasteiger partial charge in [0.05, 0.1) is 17.9 Å². The molecule has 11 nitrogen and oxygen atoms in total. The van der Waals surface area contributed by atoms with Crippen molar-refractivity contribution < 1.29 is 19.4 Å². The van der Waals surface area contributed by atoms with Gasteiger partial charge in [-0.25, -0.2) is 14.8 Å². The molecule has 1 aliphatic rings. The summed E-state index contributed by atoms with van der Waals surface area (Å²) >= 11 is 0. The maximum absolute atomic E-state index is 13.2. The number of hydrogen-bond donors (Lipinski definition) is 3. The molecule has 5 rings (SSSR count). The van der Waals surface area contributed by atoms with Crippen LogP contribution in [0.5, 0.6) is 5.75 Å². The molecule has 0 fully saturated rings. The summed E-state index contributed by atoms with van der Waals surface area (Å²) in [6.45, 7) is 10.0. The van der Waals surface area contributed by atoms with Crippen molar-refractivity contribution in [2.75, 3.05) is 11.9 Å². The third kappa shape index (κ3) is 6.83. The third-order valence-corrected chi connectivity index (χ3v) is 7.48. The second kappa shape index (κ2) is 12.5. The van der Waals surface area contributed by atoms with Gasteiger partial charge < -0.3 is 15.2 Å². The molecule has 3 aromatic heterocycles. The number of aromatic nitrogens is 5. The van der Waals surface area contributed by atoms with Gasteiger partial charge in [0.2, 0.25) is 0 Å².